The fourth-order valence-corrected chi connectivity index (χ4v) is 9.44. The molecule has 2 nitrogen and oxygen atoms in total. The van der Waals surface area contributed by atoms with Crippen LogP contribution in [-0.4, -0.2) is 23.1 Å². The first-order valence-corrected chi connectivity index (χ1v) is 11.3. The molecular weight excluding hydrogens is 316 g/mol. The predicted molar refractivity (Wildman–Crippen MR) is 97.9 cm³/mol. The molecule has 0 aromatic carbocycles. The van der Waals surface area contributed by atoms with Crippen molar-refractivity contribution in [3.8, 4) is 0 Å². The molecule has 0 N–H and O–H groups in total. The summed E-state index contributed by atoms with van der Waals surface area (Å²) in [6, 6.07) is 0. The van der Waals surface area contributed by atoms with Gasteiger partial charge in [0.2, 0.25) is 0 Å². The number of rotatable bonds is 0. The van der Waals surface area contributed by atoms with Gasteiger partial charge in [-0.2, -0.15) is 0 Å². The summed E-state index contributed by atoms with van der Waals surface area (Å²) in [7, 11) is 0. The van der Waals surface area contributed by atoms with Gasteiger partial charge in [0.15, 0.2) is 0 Å². The van der Waals surface area contributed by atoms with Gasteiger partial charge in [-0.1, -0.05) is 13.8 Å². The van der Waals surface area contributed by atoms with E-state index < -0.39 is 0 Å². The van der Waals surface area contributed by atoms with Crippen LogP contribution in [0.3, 0.4) is 0 Å². The number of hydrogen-bond donors (Lipinski definition) is 0. The topological polar surface area (TPSA) is 26.3 Å². The van der Waals surface area contributed by atoms with Crippen molar-refractivity contribution in [3.05, 3.63) is 0 Å². The third kappa shape index (κ3) is 1.92. The number of fused-ring (bicyclic) bond motifs is 6. The van der Waals surface area contributed by atoms with E-state index in [1.807, 2.05) is 0 Å². The Morgan fingerprint density at radius 1 is 1.04 bits per heavy atom. The van der Waals surface area contributed by atoms with Crippen LogP contribution in [0.4, 0.5) is 0 Å². The van der Waals surface area contributed by atoms with Gasteiger partial charge < -0.3 is 4.74 Å². The highest BCUT2D eigenvalue weighted by Gasteiger charge is 2.66. The van der Waals surface area contributed by atoms with Gasteiger partial charge in [0.05, 0.1) is 6.61 Å². The van der Waals surface area contributed by atoms with E-state index in [9.17, 15) is 4.79 Å². The molecule has 134 valence electrons. The molecule has 7 atom stereocenters. The zero-order chi connectivity index (χ0) is 16.6. The second-order valence-corrected chi connectivity index (χ2v) is 11.2. The minimum atomic E-state index is 0.142. The second kappa shape index (κ2) is 5.25. The smallest absolute Gasteiger partial charge is 0.133 e. The zero-order valence-electron chi connectivity index (χ0n) is 15.3. The van der Waals surface area contributed by atoms with Crippen LogP contribution >= 0.6 is 11.8 Å². The lowest BCUT2D eigenvalue weighted by Crippen LogP contribution is -2.55. The quantitative estimate of drug-likeness (QED) is 0.612. The average Bonchev–Trinajstić information content (AvgIpc) is 3.15. The van der Waals surface area contributed by atoms with Crippen molar-refractivity contribution in [3.63, 3.8) is 0 Å². The van der Waals surface area contributed by atoms with E-state index in [4.69, 9.17) is 4.74 Å². The highest BCUT2D eigenvalue weighted by atomic mass is 32.2. The highest BCUT2D eigenvalue weighted by Crippen LogP contribution is 2.71. The van der Waals surface area contributed by atoms with Crippen LogP contribution in [-0.2, 0) is 9.53 Å². The van der Waals surface area contributed by atoms with Crippen molar-refractivity contribution >= 4 is 17.5 Å². The number of thioether (sulfide) groups is 1. The standard InChI is InChI=1S/C21H32O2S/c1-19-8-5-15(22)13-14(19)3-4-16-17(19)6-9-20(2)18(16)7-10-21(20)23-11-12-24-21/h14,16-18H,3-13H2,1-2H3/t14-,16-,17+,18+,19+,20+,21-/m1/s1. The Labute approximate surface area is 150 Å². The van der Waals surface area contributed by atoms with Crippen LogP contribution in [0.15, 0.2) is 0 Å². The number of carbonyl (C=O) groups excluding carboxylic acids is 1. The van der Waals surface area contributed by atoms with E-state index in [-0.39, 0.29) is 4.93 Å². The number of ether oxygens (including phenoxy) is 1. The fourth-order valence-electron chi connectivity index (χ4n) is 7.93. The Hall–Kier alpha value is -0.0200. The molecule has 4 aliphatic carbocycles. The molecule has 5 fully saturated rings. The van der Waals surface area contributed by atoms with E-state index in [1.165, 1.54) is 44.3 Å². The van der Waals surface area contributed by atoms with E-state index in [0.717, 1.165) is 43.6 Å². The summed E-state index contributed by atoms with van der Waals surface area (Å²) < 4.78 is 6.42. The maximum Gasteiger partial charge on any atom is 0.133 e. The number of hydrogen-bond acceptors (Lipinski definition) is 3. The Morgan fingerprint density at radius 2 is 1.88 bits per heavy atom. The summed E-state index contributed by atoms with van der Waals surface area (Å²) in [5.74, 6) is 5.02. The Morgan fingerprint density at radius 3 is 2.67 bits per heavy atom. The molecule has 1 heterocycles. The fraction of sp³-hybridized carbons (Fsp3) is 0.952. The normalized spacial score (nSPS) is 56.8. The number of ketones is 1. The van der Waals surface area contributed by atoms with Crippen molar-refractivity contribution in [1.82, 2.24) is 0 Å². The number of carbonyl (C=O) groups is 1. The van der Waals surface area contributed by atoms with Gasteiger partial charge in [0.25, 0.3) is 0 Å². The number of Topliss-reactive ketones (excluding diaryl/α,β-unsaturated/α-hetero) is 1. The maximum absolute atomic E-state index is 12.0. The summed E-state index contributed by atoms with van der Waals surface area (Å²) in [5, 5.41) is 0. The van der Waals surface area contributed by atoms with Gasteiger partial charge in [-0.05, 0) is 74.0 Å². The Balaban J connectivity index is 1.46. The Kier molecular flexibility index (Phi) is 3.54. The molecule has 0 amide bonds. The zero-order valence-corrected chi connectivity index (χ0v) is 16.1. The van der Waals surface area contributed by atoms with Crippen LogP contribution in [0, 0.1) is 34.5 Å². The molecule has 24 heavy (non-hydrogen) atoms. The molecule has 4 saturated carbocycles. The molecule has 0 bridgehead atoms. The van der Waals surface area contributed by atoms with Crippen molar-refractivity contribution in [2.45, 2.75) is 76.6 Å². The van der Waals surface area contributed by atoms with Gasteiger partial charge in [-0.25, -0.2) is 0 Å². The molecule has 1 saturated heterocycles. The van der Waals surface area contributed by atoms with Crippen LogP contribution in [0.2, 0.25) is 0 Å². The monoisotopic (exact) mass is 348 g/mol. The van der Waals surface area contributed by atoms with E-state index in [1.54, 1.807) is 0 Å². The van der Waals surface area contributed by atoms with Gasteiger partial charge in [0, 0.05) is 24.0 Å². The van der Waals surface area contributed by atoms with Crippen LogP contribution in [0.5, 0.6) is 0 Å². The summed E-state index contributed by atoms with van der Waals surface area (Å²) in [6.07, 6.45) is 11.0. The van der Waals surface area contributed by atoms with Gasteiger partial charge in [0.1, 0.15) is 10.7 Å². The molecule has 0 aromatic rings. The third-order valence-corrected chi connectivity index (χ3v) is 10.9. The largest absolute Gasteiger partial charge is 0.363 e. The molecule has 1 aliphatic heterocycles. The van der Waals surface area contributed by atoms with E-state index in [2.05, 4.69) is 25.6 Å². The van der Waals surface area contributed by atoms with Crippen molar-refractivity contribution < 1.29 is 9.53 Å². The molecule has 5 rings (SSSR count). The molecular formula is C21H32O2S. The lowest BCUT2D eigenvalue weighted by molar-refractivity contribution is -0.147. The molecule has 0 aromatic heterocycles. The summed E-state index contributed by atoms with van der Waals surface area (Å²) in [4.78, 5) is 12.1. The SMILES string of the molecule is C[C@]12CCC(=O)C[C@H]1CC[C@@H]1[C@@H]2CC[C@@]2(C)[C@H]1CC[C@]21OCCS1. The van der Waals surface area contributed by atoms with Crippen molar-refractivity contribution in [1.29, 1.82) is 0 Å². The lowest BCUT2D eigenvalue weighted by Gasteiger charge is -2.61. The van der Waals surface area contributed by atoms with Crippen molar-refractivity contribution in [2.75, 3.05) is 12.4 Å². The van der Waals surface area contributed by atoms with E-state index in [0.29, 0.717) is 22.5 Å². The first kappa shape index (κ1) is 16.2. The minimum Gasteiger partial charge on any atom is -0.363 e. The van der Waals surface area contributed by atoms with Gasteiger partial charge in [-0.15, -0.1) is 11.8 Å². The third-order valence-electron chi connectivity index (χ3n) is 9.28. The molecule has 0 unspecified atom stereocenters. The van der Waals surface area contributed by atoms with Gasteiger partial charge in [-0.3, -0.25) is 4.79 Å². The molecule has 1 spiro atoms. The highest BCUT2D eigenvalue weighted by molar-refractivity contribution is 8.00. The van der Waals surface area contributed by atoms with Crippen LogP contribution < -0.4 is 0 Å². The van der Waals surface area contributed by atoms with Crippen LogP contribution in [0.25, 0.3) is 0 Å². The molecule has 5 aliphatic rings. The Bertz CT molecular complexity index is 554. The summed E-state index contributed by atoms with van der Waals surface area (Å²) >= 11 is 2.13. The molecule has 3 heteroatoms. The summed E-state index contributed by atoms with van der Waals surface area (Å²) in [6.45, 7) is 6.08. The average molecular weight is 349 g/mol. The second-order valence-electron chi connectivity index (χ2n) is 9.84. The first-order chi connectivity index (χ1) is 11.5. The predicted octanol–water partition coefficient (Wildman–Crippen LogP) is 5.06. The minimum absolute atomic E-state index is 0.142. The maximum atomic E-state index is 12.0. The first-order valence-electron chi connectivity index (χ1n) is 10.3. The summed E-state index contributed by atoms with van der Waals surface area (Å²) in [5.41, 5.74) is 0.834. The van der Waals surface area contributed by atoms with Crippen LogP contribution in [0.1, 0.15) is 71.6 Å². The van der Waals surface area contributed by atoms with E-state index >= 15 is 0 Å². The van der Waals surface area contributed by atoms with Gasteiger partial charge >= 0.3 is 0 Å². The van der Waals surface area contributed by atoms with Crippen molar-refractivity contribution in [2.24, 2.45) is 34.5 Å². The molecule has 0 radical (unpaired) electrons. The lowest BCUT2D eigenvalue weighted by atomic mass is 9.45.